The number of nitrogens with zero attached hydrogens (tertiary/aromatic N) is 1. The Morgan fingerprint density at radius 3 is 2.70 bits per heavy atom. The second-order valence-corrected chi connectivity index (χ2v) is 7.98. The molecule has 1 aliphatic heterocycles. The summed E-state index contributed by atoms with van der Waals surface area (Å²) in [5.74, 6) is 0.780. The molecule has 2 heterocycles. The van der Waals surface area contributed by atoms with Gasteiger partial charge in [0, 0.05) is 6.07 Å². The van der Waals surface area contributed by atoms with E-state index >= 15 is 0 Å². The molecule has 1 saturated carbocycles. The summed E-state index contributed by atoms with van der Waals surface area (Å²) in [4.78, 5) is 17.4. The minimum Gasteiger partial charge on any atom is -0.488 e. The lowest BCUT2D eigenvalue weighted by atomic mass is 9.73. The van der Waals surface area contributed by atoms with Gasteiger partial charge in [-0.1, -0.05) is 49.7 Å². The SMILES string of the molecule is CC(C)c1ccccc1C1(C(=O)Nc2cnc(Cl)cc2OC2CC2)COC1. The Kier molecular flexibility index (Phi) is 4.82. The molecule has 1 amide bonds. The van der Waals surface area contributed by atoms with Gasteiger partial charge >= 0.3 is 0 Å². The minimum atomic E-state index is -0.697. The highest BCUT2D eigenvalue weighted by molar-refractivity contribution is 6.29. The highest BCUT2D eigenvalue weighted by atomic mass is 35.5. The van der Waals surface area contributed by atoms with Crippen molar-refractivity contribution in [2.75, 3.05) is 18.5 Å². The van der Waals surface area contributed by atoms with Crippen molar-refractivity contribution < 1.29 is 14.3 Å². The van der Waals surface area contributed by atoms with Crippen molar-refractivity contribution >= 4 is 23.2 Å². The van der Waals surface area contributed by atoms with Crippen LogP contribution in [0, 0.1) is 0 Å². The van der Waals surface area contributed by atoms with Crippen LogP contribution in [0.25, 0.3) is 0 Å². The van der Waals surface area contributed by atoms with Crippen LogP contribution in [0.1, 0.15) is 43.7 Å². The van der Waals surface area contributed by atoms with Gasteiger partial charge in [-0.25, -0.2) is 4.98 Å². The molecule has 1 aromatic carbocycles. The van der Waals surface area contributed by atoms with Gasteiger partial charge in [0.25, 0.3) is 0 Å². The monoisotopic (exact) mass is 386 g/mol. The number of hydrogen-bond acceptors (Lipinski definition) is 4. The predicted octanol–water partition coefficient (Wildman–Crippen LogP) is 4.31. The fraction of sp³-hybridized carbons (Fsp3) is 0.429. The van der Waals surface area contributed by atoms with E-state index in [-0.39, 0.29) is 12.0 Å². The van der Waals surface area contributed by atoms with Gasteiger partial charge in [0.1, 0.15) is 22.0 Å². The van der Waals surface area contributed by atoms with E-state index in [1.54, 1.807) is 12.3 Å². The van der Waals surface area contributed by atoms with Gasteiger partial charge < -0.3 is 14.8 Å². The van der Waals surface area contributed by atoms with Gasteiger partial charge in [0.15, 0.2) is 0 Å². The molecule has 6 heteroatoms. The van der Waals surface area contributed by atoms with Crippen molar-refractivity contribution in [1.82, 2.24) is 4.98 Å². The molecule has 0 radical (unpaired) electrons. The maximum Gasteiger partial charge on any atom is 0.239 e. The topological polar surface area (TPSA) is 60.5 Å². The van der Waals surface area contributed by atoms with E-state index in [4.69, 9.17) is 21.1 Å². The van der Waals surface area contributed by atoms with Crippen molar-refractivity contribution in [3.8, 4) is 5.75 Å². The number of amides is 1. The molecule has 1 aliphatic carbocycles. The standard InChI is InChI=1S/C21H23ClN2O3/c1-13(2)15-5-3-4-6-16(15)21(11-26-12-21)20(25)24-17-10-23-19(22)9-18(17)27-14-7-8-14/h3-6,9-10,13-14H,7-8,11-12H2,1-2H3,(H,24,25). The molecule has 2 aromatic rings. The average Bonchev–Trinajstić information content (AvgIpc) is 3.41. The van der Waals surface area contributed by atoms with Gasteiger partial charge in [0.05, 0.1) is 25.5 Å². The van der Waals surface area contributed by atoms with E-state index in [9.17, 15) is 4.79 Å². The van der Waals surface area contributed by atoms with Crippen LogP contribution < -0.4 is 10.1 Å². The maximum absolute atomic E-state index is 13.3. The first kappa shape index (κ1) is 18.3. The van der Waals surface area contributed by atoms with Crippen LogP contribution in [0.5, 0.6) is 5.75 Å². The number of carbonyl (C=O) groups is 1. The molecule has 0 atom stereocenters. The van der Waals surface area contributed by atoms with E-state index in [1.807, 2.05) is 18.2 Å². The third-order valence-corrected chi connectivity index (χ3v) is 5.34. The summed E-state index contributed by atoms with van der Waals surface area (Å²) in [6.07, 6.45) is 3.79. The lowest BCUT2D eigenvalue weighted by Crippen LogP contribution is -2.56. The predicted molar refractivity (Wildman–Crippen MR) is 105 cm³/mol. The number of rotatable bonds is 6. The number of hydrogen-bond donors (Lipinski definition) is 1. The number of anilines is 1. The third-order valence-electron chi connectivity index (χ3n) is 5.13. The largest absolute Gasteiger partial charge is 0.488 e. The summed E-state index contributed by atoms with van der Waals surface area (Å²) in [5, 5.41) is 3.36. The lowest BCUT2D eigenvalue weighted by Gasteiger charge is -2.41. The van der Waals surface area contributed by atoms with Crippen LogP contribution in [0.4, 0.5) is 5.69 Å². The fourth-order valence-electron chi connectivity index (χ4n) is 3.36. The van der Waals surface area contributed by atoms with E-state index in [0.29, 0.717) is 35.7 Å². The first-order chi connectivity index (χ1) is 13.0. The van der Waals surface area contributed by atoms with Crippen molar-refractivity contribution in [2.45, 2.75) is 44.1 Å². The number of nitrogens with one attached hydrogen (secondary N) is 1. The first-order valence-corrected chi connectivity index (χ1v) is 9.68. The number of pyridine rings is 1. The van der Waals surface area contributed by atoms with Crippen molar-refractivity contribution in [3.63, 3.8) is 0 Å². The zero-order valence-corrected chi connectivity index (χ0v) is 16.3. The molecule has 0 unspecified atom stereocenters. The molecular weight excluding hydrogens is 364 g/mol. The maximum atomic E-state index is 13.3. The molecule has 0 bridgehead atoms. The molecular formula is C21H23ClN2O3. The van der Waals surface area contributed by atoms with E-state index in [0.717, 1.165) is 18.4 Å². The summed E-state index contributed by atoms with van der Waals surface area (Å²) >= 11 is 6.01. The Hall–Kier alpha value is -2.11. The number of benzene rings is 1. The van der Waals surface area contributed by atoms with Gasteiger partial charge in [-0.15, -0.1) is 0 Å². The Labute approximate surface area is 164 Å². The summed E-state index contributed by atoms with van der Waals surface area (Å²) in [6, 6.07) is 9.74. The van der Waals surface area contributed by atoms with Crippen LogP contribution in [0.3, 0.4) is 0 Å². The highest BCUT2D eigenvalue weighted by Crippen LogP contribution is 2.39. The van der Waals surface area contributed by atoms with Crippen LogP contribution in [-0.2, 0) is 14.9 Å². The van der Waals surface area contributed by atoms with Crippen LogP contribution in [0.15, 0.2) is 36.5 Å². The molecule has 27 heavy (non-hydrogen) atoms. The zero-order valence-electron chi connectivity index (χ0n) is 15.5. The normalized spacial score (nSPS) is 18.1. The molecule has 2 aliphatic rings. The van der Waals surface area contributed by atoms with E-state index in [2.05, 4.69) is 30.2 Å². The van der Waals surface area contributed by atoms with Gasteiger partial charge in [-0.3, -0.25) is 4.79 Å². The van der Waals surface area contributed by atoms with Gasteiger partial charge in [-0.05, 0) is 29.9 Å². The lowest BCUT2D eigenvalue weighted by molar-refractivity contribution is -0.139. The smallest absolute Gasteiger partial charge is 0.239 e. The number of ether oxygens (including phenoxy) is 2. The quantitative estimate of drug-likeness (QED) is 0.751. The molecule has 2 fully saturated rings. The van der Waals surface area contributed by atoms with E-state index < -0.39 is 5.41 Å². The zero-order chi connectivity index (χ0) is 19.0. The average molecular weight is 387 g/mol. The molecule has 1 saturated heterocycles. The molecule has 142 valence electrons. The Morgan fingerprint density at radius 1 is 1.33 bits per heavy atom. The molecule has 4 rings (SSSR count). The Bertz CT molecular complexity index is 860. The van der Waals surface area contributed by atoms with Crippen molar-refractivity contribution in [1.29, 1.82) is 0 Å². The van der Waals surface area contributed by atoms with Gasteiger partial charge in [0.2, 0.25) is 5.91 Å². The second-order valence-electron chi connectivity index (χ2n) is 7.59. The van der Waals surface area contributed by atoms with Crippen LogP contribution in [0.2, 0.25) is 5.15 Å². The number of aromatic nitrogens is 1. The number of halogens is 1. The van der Waals surface area contributed by atoms with Crippen LogP contribution >= 0.6 is 11.6 Å². The summed E-state index contributed by atoms with van der Waals surface area (Å²) in [6.45, 7) is 4.99. The molecule has 0 spiro atoms. The summed E-state index contributed by atoms with van der Waals surface area (Å²) in [5.41, 5.74) is 2.04. The van der Waals surface area contributed by atoms with Crippen molar-refractivity contribution in [2.24, 2.45) is 0 Å². The second kappa shape index (κ2) is 7.13. The summed E-state index contributed by atoms with van der Waals surface area (Å²) in [7, 11) is 0. The molecule has 1 N–H and O–H groups in total. The highest BCUT2D eigenvalue weighted by Gasteiger charge is 2.49. The van der Waals surface area contributed by atoms with E-state index in [1.165, 1.54) is 5.56 Å². The first-order valence-electron chi connectivity index (χ1n) is 9.30. The van der Waals surface area contributed by atoms with Crippen molar-refractivity contribution in [3.05, 3.63) is 52.8 Å². The minimum absolute atomic E-state index is 0.105. The fourth-order valence-corrected chi connectivity index (χ4v) is 3.51. The summed E-state index contributed by atoms with van der Waals surface area (Å²) < 4.78 is 11.4. The molecule has 1 aromatic heterocycles. The third kappa shape index (κ3) is 3.54. The van der Waals surface area contributed by atoms with Gasteiger partial charge in [-0.2, -0.15) is 0 Å². The Balaban J connectivity index is 1.64. The number of carbonyl (C=O) groups excluding carboxylic acids is 1. The Morgan fingerprint density at radius 2 is 2.07 bits per heavy atom. The molecule has 5 nitrogen and oxygen atoms in total. The van der Waals surface area contributed by atoms with Crippen LogP contribution in [-0.4, -0.2) is 30.2 Å².